The second-order valence-electron chi connectivity index (χ2n) is 9.59. The molecule has 1 aliphatic rings. The molecule has 1 fully saturated rings. The number of aromatic amines is 1. The van der Waals surface area contributed by atoms with Gasteiger partial charge in [0.1, 0.15) is 11.3 Å². The zero-order valence-corrected chi connectivity index (χ0v) is 21.6. The largest absolute Gasteiger partial charge is 0.490 e. The third-order valence-electron chi connectivity index (χ3n) is 6.68. The average Bonchev–Trinajstić information content (AvgIpc) is 3.29. The Labute approximate surface area is 227 Å². The number of H-pyrrole nitrogens is 1. The van der Waals surface area contributed by atoms with Gasteiger partial charge in [-0.1, -0.05) is 48.5 Å². The first-order valence-corrected chi connectivity index (χ1v) is 12.5. The quantitative estimate of drug-likeness (QED) is 0.256. The molecule has 11 heteroatoms. The number of aromatic nitrogens is 2. The number of halogens is 3. The third-order valence-corrected chi connectivity index (χ3v) is 6.68. The number of hydrogen-bond acceptors (Lipinski definition) is 5. The standard InChI is InChI=1S/C27H27N3O3.C2HF3O2/c1-17-28-25-15-21(14-24(27(32)33)26(25)29-17)18-6-8-19(9-7-18)23-5-3-2-4-20(23)16-30-12-10-22(31)11-13-30;3-2(4,5)1(6)7/h2-9,14-15,22,31H,10-13,16H2,1H3,(H,28,29)(H,32,33);(H,6,7). The molecule has 0 radical (unpaired) electrons. The minimum Gasteiger partial charge on any atom is -0.478 e. The molecule has 4 N–H and O–H groups in total. The fraction of sp³-hybridized carbons (Fsp3) is 0.276. The SMILES string of the molecule is Cc1nc2c(C(=O)O)cc(-c3ccc(-c4ccccc4CN4CCC(O)CC4)cc3)cc2[nH]1.O=C(O)C(F)(F)F. The lowest BCUT2D eigenvalue weighted by atomic mass is 9.95. The molecule has 40 heavy (non-hydrogen) atoms. The van der Waals surface area contributed by atoms with Gasteiger partial charge in [-0.15, -0.1) is 0 Å². The molecule has 210 valence electrons. The summed E-state index contributed by atoms with van der Waals surface area (Å²) in [6, 6.07) is 20.4. The number of aryl methyl sites for hydroxylation is 1. The van der Waals surface area contributed by atoms with Crippen molar-refractivity contribution in [1.29, 1.82) is 0 Å². The number of hydrogen-bond donors (Lipinski definition) is 4. The number of benzene rings is 3. The summed E-state index contributed by atoms with van der Waals surface area (Å²) in [4.78, 5) is 30.6. The number of nitrogens with one attached hydrogen (secondary N) is 1. The lowest BCUT2D eigenvalue weighted by Gasteiger charge is -2.30. The number of alkyl halides is 3. The summed E-state index contributed by atoms with van der Waals surface area (Å²) in [6.45, 7) is 4.51. The van der Waals surface area contributed by atoms with Crippen LogP contribution < -0.4 is 0 Å². The smallest absolute Gasteiger partial charge is 0.478 e. The van der Waals surface area contributed by atoms with Gasteiger partial charge in [0.15, 0.2) is 0 Å². The van der Waals surface area contributed by atoms with Gasteiger partial charge in [-0.25, -0.2) is 14.6 Å². The lowest BCUT2D eigenvalue weighted by molar-refractivity contribution is -0.192. The van der Waals surface area contributed by atoms with Gasteiger partial charge in [0, 0.05) is 19.6 Å². The third kappa shape index (κ3) is 6.85. The maximum Gasteiger partial charge on any atom is 0.490 e. The maximum absolute atomic E-state index is 11.8. The van der Waals surface area contributed by atoms with Crippen LogP contribution in [0.5, 0.6) is 0 Å². The van der Waals surface area contributed by atoms with Gasteiger partial charge in [0.2, 0.25) is 0 Å². The number of piperidine rings is 1. The van der Waals surface area contributed by atoms with E-state index in [0.29, 0.717) is 11.3 Å². The van der Waals surface area contributed by atoms with Gasteiger partial charge >= 0.3 is 18.1 Å². The van der Waals surface area contributed by atoms with Crippen molar-refractivity contribution >= 4 is 23.0 Å². The number of fused-ring (bicyclic) bond motifs is 1. The number of carbonyl (C=O) groups is 2. The molecule has 0 unspecified atom stereocenters. The van der Waals surface area contributed by atoms with E-state index in [4.69, 9.17) is 9.90 Å². The van der Waals surface area contributed by atoms with Crippen molar-refractivity contribution in [3.05, 3.63) is 77.6 Å². The molecule has 0 bridgehead atoms. The summed E-state index contributed by atoms with van der Waals surface area (Å²) in [5.74, 6) is -3.04. The van der Waals surface area contributed by atoms with E-state index in [-0.39, 0.29) is 11.7 Å². The second kappa shape index (κ2) is 11.9. The zero-order chi connectivity index (χ0) is 29.0. The van der Waals surface area contributed by atoms with E-state index in [1.54, 1.807) is 6.07 Å². The van der Waals surface area contributed by atoms with Crippen LogP contribution in [-0.4, -0.2) is 67.5 Å². The van der Waals surface area contributed by atoms with Gasteiger partial charge in [-0.3, -0.25) is 4.90 Å². The number of nitrogens with zero attached hydrogens (tertiary/aromatic N) is 2. The van der Waals surface area contributed by atoms with E-state index in [9.17, 15) is 28.2 Å². The first-order valence-electron chi connectivity index (χ1n) is 12.5. The number of aromatic carboxylic acids is 1. The van der Waals surface area contributed by atoms with Gasteiger partial charge in [-0.05, 0) is 59.7 Å². The number of carboxylic acid groups (broad SMARTS) is 2. The van der Waals surface area contributed by atoms with Crippen LogP contribution in [0.1, 0.15) is 34.6 Å². The van der Waals surface area contributed by atoms with Crippen LogP contribution in [0.2, 0.25) is 0 Å². The fourth-order valence-corrected chi connectivity index (χ4v) is 4.67. The Morgan fingerprint density at radius 3 is 2.17 bits per heavy atom. The molecule has 0 spiro atoms. The first kappa shape index (κ1) is 28.8. The molecule has 1 aromatic heterocycles. The summed E-state index contributed by atoms with van der Waals surface area (Å²) < 4.78 is 31.7. The van der Waals surface area contributed by atoms with Gasteiger partial charge in [-0.2, -0.15) is 13.2 Å². The monoisotopic (exact) mass is 555 g/mol. The van der Waals surface area contributed by atoms with Gasteiger partial charge in [0.05, 0.1) is 17.2 Å². The van der Waals surface area contributed by atoms with Crippen LogP contribution >= 0.6 is 0 Å². The Balaban J connectivity index is 0.000000470. The summed E-state index contributed by atoms with van der Waals surface area (Å²) in [5, 5.41) is 26.6. The Morgan fingerprint density at radius 2 is 1.57 bits per heavy atom. The van der Waals surface area contributed by atoms with E-state index >= 15 is 0 Å². The molecular weight excluding hydrogens is 527 g/mol. The summed E-state index contributed by atoms with van der Waals surface area (Å²) in [6.07, 6.45) is -3.60. The molecule has 4 aromatic rings. The number of rotatable bonds is 5. The van der Waals surface area contributed by atoms with Crippen LogP contribution in [0.25, 0.3) is 33.3 Å². The number of aliphatic hydroxyl groups is 1. The Bertz CT molecular complexity index is 1510. The summed E-state index contributed by atoms with van der Waals surface area (Å²) >= 11 is 0. The molecular formula is C29H28F3N3O5. The highest BCUT2D eigenvalue weighted by Gasteiger charge is 2.38. The molecule has 0 amide bonds. The van der Waals surface area contributed by atoms with Crippen LogP contribution in [0, 0.1) is 6.92 Å². The fourth-order valence-electron chi connectivity index (χ4n) is 4.67. The number of aliphatic carboxylic acids is 1. The van der Waals surface area contributed by atoms with Crippen molar-refractivity contribution in [3.63, 3.8) is 0 Å². The van der Waals surface area contributed by atoms with Crippen LogP contribution in [0.4, 0.5) is 13.2 Å². The molecule has 1 saturated heterocycles. The van der Waals surface area contributed by atoms with Crippen LogP contribution in [0.15, 0.2) is 60.7 Å². The highest BCUT2D eigenvalue weighted by atomic mass is 19.4. The van der Waals surface area contributed by atoms with Crippen molar-refractivity contribution in [1.82, 2.24) is 14.9 Å². The molecule has 5 rings (SSSR count). The van der Waals surface area contributed by atoms with E-state index < -0.39 is 18.1 Å². The molecule has 3 aromatic carbocycles. The van der Waals surface area contributed by atoms with Crippen molar-refractivity contribution in [3.8, 4) is 22.3 Å². The van der Waals surface area contributed by atoms with Gasteiger partial charge < -0.3 is 20.3 Å². The van der Waals surface area contributed by atoms with Crippen molar-refractivity contribution < 1.29 is 38.1 Å². The number of aliphatic hydroxyl groups excluding tert-OH is 1. The molecule has 0 atom stereocenters. The van der Waals surface area contributed by atoms with E-state index in [1.165, 1.54) is 11.1 Å². The maximum atomic E-state index is 11.8. The van der Waals surface area contributed by atoms with E-state index in [2.05, 4.69) is 51.3 Å². The molecule has 1 aliphatic heterocycles. The molecule has 0 saturated carbocycles. The number of carboxylic acids is 2. The minimum atomic E-state index is -5.08. The average molecular weight is 556 g/mol. The predicted molar refractivity (Wildman–Crippen MR) is 143 cm³/mol. The Hall–Kier alpha value is -4.22. The minimum absolute atomic E-state index is 0.171. The summed E-state index contributed by atoms with van der Waals surface area (Å²) in [7, 11) is 0. The lowest BCUT2D eigenvalue weighted by Crippen LogP contribution is -2.35. The normalized spacial score (nSPS) is 14.5. The van der Waals surface area contributed by atoms with Gasteiger partial charge in [0.25, 0.3) is 0 Å². The second-order valence-corrected chi connectivity index (χ2v) is 9.59. The zero-order valence-electron chi connectivity index (χ0n) is 21.6. The number of likely N-dealkylation sites (tertiary alicyclic amines) is 1. The Morgan fingerprint density at radius 1 is 0.975 bits per heavy atom. The molecule has 2 heterocycles. The first-order chi connectivity index (χ1) is 18.9. The predicted octanol–water partition coefficient (Wildman–Crippen LogP) is 5.49. The number of imidazole rings is 1. The summed E-state index contributed by atoms with van der Waals surface area (Å²) in [5.41, 5.74) is 6.80. The topological polar surface area (TPSA) is 127 Å². The highest BCUT2D eigenvalue weighted by molar-refractivity contribution is 6.03. The molecule has 8 nitrogen and oxygen atoms in total. The van der Waals surface area contributed by atoms with Crippen molar-refractivity contribution in [2.45, 2.75) is 38.6 Å². The Kier molecular flexibility index (Phi) is 8.55. The molecule has 0 aliphatic carbocycles. The van der Waals surface area contributed by atoms with Crippen molar-refractivity contribution in [2.75, 3.05) is 13.1 Å². The van der Waals surface area contributed by atoms with E-state index in [0.717, 1.165) is 54.7 Å². The highest BCUT2D eigenvalue weighted by Crippen LogP contribution is 2.31. The van der Waals surface area contributed by atoms with Crippen LogP contribution in [-0.2, 0) is 11.3 Å². The van der Waals surface area contributed by atoms with E-state index in [1.807, 2.05) is 25.1 Å². The van der Waals surface area contributed by atoms with Crippen LogP contribution in [0.3, 0.4) is 0 Å². The van der Waals surface area contributed by atoms with Crippen molar-refractivity contribution in [2.24, 2.45) is 0 Å².